The maximum atomic E-state index is 11.8. The molecule has 100 valence electrons. The zero-order valence-electron chi connectivity index (χ0n) is 11.6. The predicted octanol–water partition coefficient (Wildman–Crippen LogP) is 2.24. The Labute approximate surface area is 105 Å². The van der Waals surface area contributed by atoms with Crippen LogP contribution >= 0.6 is 0 Å². The first-order valence-corrected chi connectivity index (χ1v) is 6.49. The van der Waals surface area contributed by atoms with E-state index in [1.54, 1.807) is 4.90 Å². The van der Waals surface area contributed by atoms with Gasteiger partial charge in [-0.1, -0.05) is 0 Å². The van der Waals surface area contributed by atoms with Crippen LogP contribution in [0.25, 0.3) is 0 Å². The monoisotopic (exact) mass is 242 g/mol. The number of carbonyl (C=O) groups is 1. The Kier molecular flexibility index (Phi) is 5.25. The number of carbonyl (C=O) groups excluding carboxylic acids is 1. The van der Waals surface area contributed by atoms with E-state index in [-0.39, 0.29) is 11.6 Å². The molecule has 0 spiro atoms. The third-order valence-corrected chi connectivity index (χ3v) is 3.04. The Morgan fingerprint density at radius 3 is 2.47 bits per heavy atom. The number of nitrogens with zero attached hydrogens (tertiary/aromatic N) is 1. The van der Waals surface area contributed by atoms with Crippen molar-refractivity contribution in [3.63, 3.8) is 0 Å². The number of ether oxygens (including phenoxy) is 1. The van der Waals surface area contributed by atoms with Crippen molar-refractivity contribution in [3.8, 4) is 0 Å². The van der Waals surface area contributed by atoms with E-state index in [1.807, 2.05) is 27.8 Å². The van der Waals surface area contributed by atoms with E-state index >= 15 is 0 Å². The summed E-state index contributed by atoms with van der Waals surface area (Å²) in [7, 11) is 1.86. The molecule has 4 heteroatoms. The number of rotatable bonds is 3. The molecule has 1 rings (SSSR count). The Balaban J connectivity index is 2.23. The summed E-state index contributed by atoms with van der Waals surface area (Å²) in [4.78, 5) is 13.6. The molecule has 1 aliphatic rings. The van der Waals surface area contributed by atoms with E-state index in [4.69, 9.17) is 4.74 Å². The van der Waals surface area contributed by atoms with Crippen molar-refractivity contribution in [2.45, 2.75) is 45.6 Å². The SMILES string of the molecule is CN(CCC1CCOCC1)C(=O)NC(C)(C)C. The minimum absolute atomic E-state index is 0.0181. The first-order chi connectivity index (χ1) is 7.88. The molecule has 0 unspecified atom stereocenters. The van der Waals surface area contributed by atoms with Crippen LogP contribution in [0, 0.1) is 5.92 Å². The third-order valence-electron chi connectivity index (χ3n) is 3.04. The molecule has 1 N–H and O–H groups in total. The summed E-state index contributed by atoms with van der Waals surface area (Å²) in [6.45, 7) is 8.57. The molecule has 4 nitrogen and oxygen atoms in total. The topological polar surface area (TPSA) is 41.6 Å². The van der Waals surface area contributed by atoms with E-state index in [1.165, 1.54) is 0 Å². The highest BCUT2D eigenvalue weighted by atomic mass is 16.5. The highest BCUT2D eigenvalue weighted by Gasteiger charge is 2.19. The van der Waals surface area contributed by atoms with Gasteiger partial charge in [0.15, 0.2) is 0 Å². The van der Waals surface area contributed by atoms with E-state index < -0.39 is 0 Å². The standard InChI is InChI=1S/C13H26N2O2/c1-13(2,3)14-12(16)15(4)8-5-11-6-9-17-10-7-11/h11H,5-10H2,1-4H3,(H,14,16). The molecule has 0 aromatic heterocycles. The van der Waals surface area contributed by atoms with Crippen LogP contribution in [0.3, 0.4) is 0 Å². The van der Waals surface area contributed by atoms with Gasteiger partial charge in [-0.05, 0) is 46.0 Å². The first-order valence-electron chi connectivity index (χ1n) is 6.49. The van der Waals surface area contributed by atoms with E-state index in [0.717, 1.165) is 39.0 Å². The number of nitrogens with one attached hydrogen (secondary N) is 1. The van der Waals surface area contributed by atoms with E-state index in [0.29, 0.717) is 5.92 Å². The second-order valence-electron chi connectivity index (χ2n) is 5.95. The lowest BCUT2D eigenvalue weighted by molar-refractivity contribution is 0.0618. The molecule has 0 aromatic carbocycles. The molecule has 17 heavy (non-hydrogen) atoms. The highest BCUT2D eigenvalue weighted by Crippen LogP contribution is 2.18. The molecular formula is C13H26N2O2. The lowest BCUT2D eigenvalue weighted by atomic mass is 9.96. The number of hydrogen-bond acceptors (Lipinski definition) is 2. The molecule has 0 bridgehead atoms. The summed E-state index contributed by atoms with van der Waals surface area (Å²) < 4.78 is 5.33. The highest BCUT2D eigenvalue weighted by molar-refractivity contribution is 5.74. The van der Waals surface area contributed by atoms with Crippen molar-refractivity contribution in [1.82, 2.24) is 10.2 Å². The Morgan fingerprint density at radius 2 is 1.94 bits per heavy atom. The number of hydrogen-bond donors (Lipinski definition) is 1. The van der Waals surface area contributed by atoms with Gasteiger partial charge in [-0.3, -0.25) is 0 Å². The smallest absolute Gasteiger partial charge is 0.317 e. The molecule has 1 saturated heterocycles. The molecule has 1 heterocycles. The van der Waals surface area contributed by atoms with Crippen molar-refractivity contribution in [2.75, 3.05) is 26.8 Å². The molecule has 0 aliphatic carbocycles. The first kappa shape index (κ1) is 14.3. The summed E-state index contributed by atoms with van der Waals surface area (Å²) in [5.41, 5.74) is -0.163. The van der Waals surface area contributed by atoms with Crippen molar-refractivity contribution in [3.05, 3.63) is 0 Å². The van der Waals surface area contributed by atoms with Gasteiger partial charge in [-0.15, -0.1) is 0 Å². The van der Waals surface area contributed by atoms with Gasteiger partial charge in [0.1, 0.15) is 0 Å². The largest absolute Gasteiger partial charge is 0.381 e. The van der Waals surface area contributed by atoms with Gasteiger partial charge in [0.2, 0.25) is 0 Å². The van der Waals surface area contributed by atoms with E-state index in [9.17, 15) is 4.79 Å². The Hall–Kier alpha value is -0.770. The molecule has 2 amide bonds. The zero-order valence-corrected chi connectivity index (χ0v) is 11.6. The van der Waals surface area contributed by atoms with Crippen LogP contribution in [0.1, 0.15) is 40.0 Å². The van der Waals surface area contributed by atoms with Crippen LogP contribution in [0.4, 0.5) is 4.79 Å². The van der Waals surface area contributed by atoms with Gasteiger partial charge < -0.3 is 15.0 Å². The second kappa shape index (κ2) is 6.24. The summed E-state index contributed by atoms with van der Waals surface area (Å²) in [5.74, 6) is 0.716. The van der Waals surface area contributed by atoms with Gasteiger partial charge >= 0.3 is 6.03 Å². The lowest BCUT2D eigenvalue weighted by Gasteiger charge is -2.28. The minimum Gasteiger partial charge on any atom is -0.381 e. The van der Waals surface area contributed by atoms with Crippen LogP contribution in [-0.2, 0) is 4.74 Å². The molecule has 0 saturated carbocycles. The minimum atomic E-state index is -0.163. The fraction of sp³-hybridized carbons (Fsp3) is 0.923. The fourth-order valence-electron chi connectivity index (χ4n) is 1.93. The summed E-state index contributed by atoms with van der Waals surface area (Å²) >= 11 is 0. The fourth-order valence-corrected chi connectivity index (χ4v) is 1.93. The quantitative estimate of drug-likeness (QED) is 0.824. The maximum Gasteiger partial charge on any atom is 0.317 e. The average molecular weight is 242 g/mol. The summed E-state index contributed by atoms with van der Waals surface area (Å²) in [6, 6.07) is 0.0181. The van der Waals surface area contributed by atoms with Gasteiger partial charge in [-0.2, -0.15) is 0 Å². The number of urea groups is 1. The summed E-state index contributed by atoms with van der Waals surface area (Å²) in [6.07, 6.45) is 3.35. The molecule has 0 radical (unpaired) electrons. The van der Waals surface area contributed by atoms with Gasteiger partial charge in [0, 0.05) is 32.3 Å². The predicted molar refractivity (Wildman–Crippen MR) is 69.1 cm³/mol. The molecule has 0 aromatic rings. The van der Waals surface area contributed by atoms with Crippen molar-refractivity contribution < 1.29 is 9.53 Å². The third kappa shape index (κ3) is 5.91. The molecule has 1 aliphatic heterocycles. The van der Waals surface area contributed by atoms with Crippen molar-refractivity contribution in [1.29, 1.82) is 0 Å². The van der Waals surface area contributed by atoms with Crippen LogP contribution in [-0.4, -0.2) is 43.3 Å². The van der Waals surface area contributed by atoms with Crippen LogP contribution in [0.5, 0.6) is 0 Å². The Morgan fingerprint density at radius 1 is 1.35 bits per heavy atom. The van der Waals surface area contributed by atoms with Crippen molar-refractivity contribution in [2.24, 2.45) is 5.92 Å². The maximum absolute atomic E-state index is 11.8. The van der Waals surface area contributed by atoms with Gasteiger partial charge in [-0.25, -0.2) is 4.79 Å². The van der Waals surface area contributed by atoms with Crippen LogP contribution in [0.2, 0.25) is 0 Å². The zero-order chi connectivity index (χ0) is 12.9. The lowest BCUT2D eigenvalue weighted by Crippen LogP contribution is -2.47. The average Bonchev–Trinajstić information content (AvgIpc) is 2.25. The molecular weight excluding hydrogens is 216 g/mol. The van der Waals surface area contributed by atoms with E-state index in [2.05, 4.69) is 5.32 Å². The Bertz CT molecular complexity index is 242. The van der Waals surface area contributed by atoms with Crippen molar-refractivity contribution >= 4 is 6.03 Å². The van der Waals surface area contributed by atoms with Gasteiger partial charge in [0.25, 0.3) is 0 Å². The van der Waals surface area contributed by atoms with Gasteiger partial charge in [0.05, 0.1) is 0 Å². The normalized spacial score (nSPS) is 17.9. The number of amides is 2. The molecule has 1 fully saturated rings. The summed E-state index contributed by atoms with van der Waals surface area (Å²) in [5, 5.41) is 2.97. The second-order valence-corrected chi connectivity index (χ2v) is 5.95. The van der Waals surface area contributed by atoms with Crippen LogP contribution in [0.15, 0.2) is 0 Å². The molecule has 0 atom stereocenters. The van der Waals surface area contributed by atoms with Crippen LogP contribution < -0.4 is 5.32 Å².